The summed E-state index contributed by atoms with van der Waals surface area (Å²) >= 11 is 1.51. The topological polar surface area (TPSA) is 103 Å². The molecule has 0 radical (unpaired) electrons. The second kappa shape index (κ2) is 5.86. The van der Waals surface area contributed by atoms with Crippen molar-refractivity contribution >= 4 is 44.6 Å². The first kappa shape index (κ1) is 15.4. The fourth-order valence-corrected chi connectivity index (χ4v) is 4.30. The number of benzene rings is 1. The second-order valence-corrected chi connectivity index (χ2v) is 7.21. The molecule has 1 aliphatic rings. The fraction of sp³-hybridized carbons (Fsp3) is 0.222. The Kier molecular flexibility index (Phi) is 3.47. The molecule has 0 spiro atoms. The van der Waals surface area contributed by atoms with Crippen molar-refractivity contribution < 1.29 is 0 Å². The molecule has 4 heterocycles. The molecule has 3 aromatic heterocycles. The van der Waals surface area contributed by atoms with Gasteiger partial charge in [0.15, 0.2) is 0 Å². The molecular weight excluding hydrogens is 348 g/mol. The lowest BCUT2D eigenvalue weighted by Gasteiger charge is -2.29. The maximum atomic E-state index is 12.5. The van der Waals surface area contributed by atoms with Crippen LogP contribution in [0, 0.1) is 0 Å². The second-order valence-electron chi connectivity index (χ2n) is 6.47. The standard InChI is InChI=1S/C18H18N6OS/c19-16-11-8-26-9-14(11)23-18(25)15(16)17-21-12-2-1-10(7-13(12)22-17)24-5-3-20-4-6-24/h1-2,7-9,20H,3-6,19H2,(H,21,22)(H,23,25). The van der Waals surface area contributed by atoms with Gasteiger partial charge in [-0.25, -0.2) is 4.98 Å². The van der Waals surface area contributed by atoms with E-state index in [1.807, 2.05) is 16.8 Å². The maximum Gasteiger partial charge on any atom is 0.261 e. The Bertz CT molecular complexity index is 1170. The number of hydrogen-bond donors (Lipinski definition) is 4. The summed E-state index contributed by atoms with van der Waals surface area (Å²) in [6, 6.07) is 6.15. The summed E-state index contributed by atoms with van der Waals surface area (Å²) in [6.45, 7) is 3.93. The van der Waals surface area contributed by atoms with Gasteiger partial charge < -0.3 is 25.9 Å². The summed E-state index contributed by atoms with van der Waals surface area (Å²) in [6.07, 6.45) is 0. The zero-order valence-electron chi connectivity index (χ0n) is 14.0. The predicted molar refractivity (Wildman–Crippen MR) is 107 cm³/mol. The number of thiophene rings is 1. The van der Waals surface area contributed by atoms with Crippen LogP contribution in [0.1, 0.15) is 0 Å². The number of imidazole rings is 1. The summed E-state index contributed by atoms with van der Waals surface area (Å²) in [5, 5.41) is 8.04. The monoisotopic (exact) mass is 366 g/mol. The number of piperazine rings is 1. The molecule has 0 amide bonds. The van der Waals surface area contributed by atoms with Crippen LogP contribution in [0.4, 0.5) is 11.4 Å². The molecule has 1 saturated heterocycles. The molecule has 8 heteroatoms. The highest BCUT2D eigenvalue weighted by Gasteiger charge is 2.17. The van der Waals surface area contributed by atoms with Crippen LogP contribution in [0.25, 0.3) is 33.3 Å². The lowest BCUT2D eigenvalue weighted by molar-refractivity contribution is 0.589. The summed E-state index contributed by atoms with van der Waals surface area (Å²) in [7, 11) is 0. The lowest BCUT2D eigenvalue weighted by Crippen LogP contribution is -2.43. The van der Waals surface area contributed by atoms with Gasteiger partial charge in [0.25, 0.3) is 5.56 Å². The quantitative estimate of drug-likeness (QED) is 0.435. The number of aromatic nitrogens is 3. The number of hydrogen-bond acceptors (Lipinski definition) is 6. The Labute approximate surface area is 152 Å². The van der Waals surface area contributed by atoms with Crippen molar-refractivity contribution in [1.82, 2.24) is 20.3 Å². The van der Waals surface area contributed by atoms with E-state index in [0.29, 0.717) is 17.1 Å². The van der Waals surface area contributed by atoms with E-state index in [2.05, 4.69) is 37.3 Å². The van der Waals surface area contributed by atoms with Gasteiger partial charge in [0.1, 0.15) is 11.4 Å². The summed E-state index contributed by atoms with van der Waals surface area (Å²) in [5.74, 6) is 0.504. The summed E-state index contributed by atoms with van der Waals surface area (Å²) < 4.78 is 0. The molecule has 26 heavy (non-hydrogen) atoms. The highest BCUT2D eigenvalue weighted by molar-refractivity contribution is 7.09. The van der Waals surface area contributed by atoms with Gasteiger partial charge in [0.2, 0.25) is 0 Å². The number of nitrogens with two attached hydrogens (primary N) is 1. The Morgan fingerprint density at radius 2 is 1.96 bits per heavy atom. The van der Waals surface area contributed by atoms with Gasteiger partial charge in [-0.05, 0) is 18.2 Å². The van der Waals surface area contributed by atoms with Crippen molar-refractivity contribution in [3.63, 3.8) is 0 Å². The minimum absolute atomic E-state index is 0.227. The first-order valence-electron chi connectivity index (χ1n) is 8.54. The van der Waals surface area contributed by atoms with Gasteiger partial charge in [-0.1, -0.05) is 0 Å². The molecule has 1 aromatic carbocycles. The van der Waals surface area contributed by atoms with Crippen molar-refractivity contribution in [2.24, 2.45) is 0 Å². The molecule has 132 valence electrons. The first-order valence-corrected chi connectivity index (χ1v) is 9.48. The van der Waals surface area contributed by atoms with Crippen LogP contribution in [0.5, 0.6) is 0 Å². The number of fused-ring (bicyclic) bond motifs is 2. The number of nitrogens with one attached hydrogen (secondary N) is 3. The smallest absolute Gasteiger partial charge is 0.261 e. The number of H-pyrrole nitrogens is 2. The average Bonchev–Trinajstić information content (AvgIpc) is 3.28. The molecule has 7 nitrogen and oxygen atoms in total. The minimum Gasteiger partial charge on any atom is -0.397 e. The summed E-state index contributed by atoms with van der Waals surface area (Å²) in [5.41, 5.74) is 10.6. The van der Waals surface area contributed by atoms with E-state index in [1.165, 1.54) is 11.3 Å². The maximum absolute atomic E-state index is 12.5. The Morgan fingerprint density at radius 3 is 2.81 bits per heavy atom. The molecule has 4 aromatic rings. The number of rotatable bonds is 2. The Morgan fingerprint density at radius 1 is 1.12 bits per heavy atom. The third-order valence-electron chi connectivity index (χ3n) is 4.88. The van der Waals surface area contributed by atoms with Crippen LogP contribution < -0.4 is 21.5 Å². The van der Waals surface area contributed by atoms with Gasteiger partial charge >= 0.3 is 0 Å². The molecule has 5 rings (SSSR count). The van der Waals surface area contributed by atoms with E-state index in [-0.39, 0.29) is 5.56 Å². The molecule has 0 aliphatic carbocycles. The van der Waals surface area contributed by atoms with Gasteiger partial charge in [-0.15, -0.1) is 11.3 Å². The average molecular weight is 366 g/mol. The van der Waals surface area contributed by atoms with Crippen LogP contribution in [-0.4, -0.2) is 41.1 Å². The predicted octanol–water partition coefficient (Wildman–Crippen LogP) is 2.12. The SMILES string of the molecule is Nc1c(-c2nc3ccc(N4CCNCC4)cc3[nH]2)c(=O)[nH]c2cscc12. The van der Waals surface area contributed by atoms with Gasteiger partial charge in [0.05, 0.1) is 22.2 Å². The zero-order chi connectivity index (χ0) is 17.7. The molecule has 0 saturated carbocycles. The van der Waals surface area contributed by atoms with Crippen LogP contribution >= 0.6 is 11.3 Å². The van der Waals surface area contributed by atoms with Crippen molar-refractivity contribution in [1.29, 1.82) is 0 Å². The van der Waals surface area contributed by atoms with Crippen LogP contribution in [0.3, 0.4) is 0 Å². The molecule has 1 aliphatic heterocycles. The van der Waals surface area contributed by atoms with Crippen LogP contribution in [0.2, 0.25) is 0 Å². The van der Waals surface area contributed by atoms with E-state index in [9.17, 15) is 4.79 Å². The van der Waals surface area contributed by atoms with Gasteiger partial charge in [-0.2, -0.15) is 0 Å². The lowest BCUT2D eigenvalue weighted by atomic mass is 10.1. The van der Waals surface area contributed by atoms with Crippen LogP contribution in [-0.2, 0) is 0 Å². The largest absolute Gasteiger partial charge is 0.397 e. The van der Waals surface area contributed by atoms with E-state index < -0.39 is 0 Å². The Balaban J connectivity index is 1.63. The number of nitrogen functional groups attached to an aromatic ring is 1. The minimum atomic E-state index is -0.227. The number of pyridine rings is 1. The van der Waals surface area contributed by atoms with Crippen molar-refractivity contribution in [3.8, 4) is 11.4 Å². The molecule has 0 unspecified atom stereocenters. The highest BCUT2D eigenvalue weighted by Crippen LogP contribution is 2.30. The van der Waals surface area contributed by atoms with Gasteiger partial charge in [-0.3, -0.25) is 4.79 Å². The number of anilines is 2. The molecule has 1 fully saturated rings. The van der Waals surface area contributed by atoms with Gasteiger partial charge in [0, 0.05) is 48.0 Å². The van der Waals surface area contributed by atoms with Crippen molar-refractivity contribution in [2.45, 2.75) is 0 Å². The summed E-state index contributed by atoms with van der Waals surface area (Å²) in [4.78, 5) is 25.6. The van der Waals surface area contributed by atoms with E-state index >= 15 is 0 Å². The van der Waals surface area contributed by atoms with Crippen molar-refractivity contribution in [2.75, 3.05) is 36.8 Å². The fourth-order valence-electron chi connectivity index (χ4n) is 3.52. The van der Waals surface area contributed by atoms with Crippen LogP contribution in [0.15, 0.2) is 33.8 Å². The van der Waals surface area contributed by atoms with E-state index in [4.69, 9.17) is 5.73 Å². The number of aromatic amines is 2. The molecule has 0 bridgehead atoms. The molecular formula is C18H18N6OS. The first-order chi connectivity index (χ1) is 12.7. The third-order valence-corrected chi connectivity index (χ3v) is 5.62. The zero-order valence-corrected chi connectivity index (χ0v) is 14.8. The molecule has 5 N–H and O–H groups in total. The third kappa shape index (κ3) is 2.38. The van der Waals surface area contributed by atoms with E-state index in [1.54, 1.807) is 0 Å². The normalized spacial score (nSPS) is 15.2. The number of nitrogens with zero attached hydrogens (tertiary/aromatic N) is 2. The Hall–Kier alpha value is -2.84. The molecule has 0 atom stereocenters. The van der Waals surface area contributed by atoms with Crippen molar-refractivity contribution in [3.05, 3.63) is 39.3 Å². The van der Waals surface area contributed by atoms with E-state index in [0.717, 1.165) is 53.8 Å². The highest BCUT2D eigenvalue weighted by atomic mass is 32.1.